The summed E-state index contributed by atoms with van der Waals surface area (Å²) in [6, 6.07) is 11.9. The van der Waals surface area contributed by atoms with Gasteiger partial charge in [0.15, 0.2) is 5.65 Å². The van der Waals surface area contributed by atoms with Gasteiger partial charge in [-0.1, -0.05) is 12.1 Å². The highest BCUT2D eigenvalue weighted by Gasteiger charge is 2.14. The number of rotatable bonds is 2. The molecule has 21 heavy (non-hydrogen) atoms. The van der Waals surface area contributed by atoms with Gasteiger partial charge in [-0.15, -0.1) is 11.6 Å². The van der Waals surface area contributed by atoms with Crippen LogP contribution >= 0.6 is 11.6 Å². The van der Waals surface area contributed by atoms with Crippen molar-refractivity contribution in [1.82, 2.24) is 19.5 Å². The molecule has 5 heteroatoms. The van der Waals surface area contributed by atoms with E-state index in [-0.39, 0.29) is 0 Å². The Morgan fingerprint density at radius 3 is 2.90 bits per heavy atom. The minimum atomic E-state index is 0.326. The van der Waals surface area contributed by atoms with Gasteiger partial charge in [0.25, 0.3) is 0 Å². The van der Waals surface area contributed by atoms with Crippen molar-refractivity contribution in [3.05, 3.63) is 60.8 Å². The van der Waals surface area contributed by atoms with E-state index in [0.717, 1.165) is 33.4 Å². The summed E-state index contributed by atoms with van der Waals surface area (Å²) in [5.74, 6) is 1.11. The highest BCUT2D eigenvalue weighted by atomic mass is 35.5. The maximum Gasteiger partial charge on any atom is 0.164 e. The average Bonchev–Trinajstić information content (AvgIpc) is 2.92. The number of hydrogen-bond acceptors (Lipinski definition) is 3. The Balaban J connectivity index is 2.13. The lowest BCUT2D eigenvalue weighted by molar-refractivity contribution is 0.976. The Morgan fingerprint density at radius 2 is 2.00 bits per heavy atom. The highest BCUT2D eigenvalue weighted by Crippen LogP contribution is 2.26. The molecule has 0 aliphatic carbocycles. The summed E-state index contributed by atoms with van der Waals surface area (Å²) in [5.41, 5.74) is 2.65. The van der Waals surface area contributed by atoms with Crippen LogP contribution in [0.5, 0.6) is 0 Å². The third kappa shape index (κ3) is 1.87. The SMILES string of the molecule is ClCc1nc2cccnc2n1-c1cccc2ccncc12. The smallest absolute Gasteiger partial charge is 0.164 e. The summed E-state index contributed by atoms with van der Waals surface area (Å²) >= 11 is 6.08. The molecule has 102 valence electrons. The van der Waals surface area contributed by atoms with Crippen molar-refractivity contribution >= 4 is 33.5 Å². The van der Waals surface area contributed by atoms with Gasteiger partial charge in [0.05, 0.1) is 11.6 Å². The van der Waals surface area contributed by atoms with Gasteiger partial charge >= 0.3 is 0 Å². The minimum Gasteiger partial charge on any atom is -0.279 e. The Bertz CT molecular complexity index is 940. The van der Waals surface area contributed by atoms with Crippen molar-refractivity contribution < 1.29 is 0 Å². The fraction of sp³-hybridized carbons (Fsp3) is 0.0625. The Labute approximate surface area is 126 Å². The summed E-state index contributed by atoms with van der Waals surface area (Å²) in [7, 11) is 0. The van der Waals surface area contributed by atoms with Crippen LogP contribution in [-0.4, -0.2) is 19.5 Å². The van der Waals surface area contributed by atoms with E-state index < -0.39 is 0 Å². The molecule has 0 bridgehead atoms. The molecule has 0 atom stereocenters. The normalized spacial score (nSPS) is 11.3. The molecule has 0 spiro atoms. The van der Waals surface area contributed by atoms with Crippen molar-refractivity contribution in [1.29, 1.82) is 0 Å². The third-order valence-corrected chi connectivity index (χ3v) is 3.75. The first-order valence-electron chi connectivity index (χ1n) is 6.60. The molecule has 4 nitrogen and oxygen atoms in total. The predicted molar refractivity (Wildman–Crippen MR) is 83.7 cm³/mol. The minimum absolute atomic E-state index is 0.326. The van der Waals surface area contributed by atoms with Crippen LogP contribution in [0.4, 0.5) is 0 Å². The second kappa shape index (κ2) is 4.82. The van der Waals surface area contributed by atoms with Crippen LogP contribution in [0, 0.1) is 0 Å². The van der Waals surface area contributed by atoms with Crippen LogP contribution in [0.15, 0.2) is 55.0 Å². The molecule has 0 unspecified atom stereocenters. The van der Waals surface area contributed by atoms with E-state index in [0.29, 0.717) is 5.88 Å². The third-order valence-electron chi connectivity index (χ3n) is 3.51. The van der Waals surface area contributed by atoms with Gasteiger partial charge in [-0.25, -0.2) is 9.97 Å². The molecule has 0 aliphatic heterocycles. The number of halogens is 1. The molecule has 0 fully saturated rings. The first-order chi connectivity index (χ1) is 10.4. The maximum absolute atomic E-state index is 6.08. The summed E-state index contributed by atoms with van der Waals surface area (Å²) < 4.78 is 2.01. The zero-order chi connectivity index (χ0) is 14.2. The molecular weight excluding hydrogens is 284 g/mol. The lowest BCUT2D eigenvalue weighted by Crippen LogP contribution is -2.01. The zero-order valence-electron chi connectivity index (χ0n) is 11.1. The molecule has 0 radical (unpaired) electrons. The quantitative estimate of drug-likeness (QED) is 0.529. The summed E-state index contributed by atoms with van der Waals surface area (Å²) in [5, 5.41) is 2.18. The van der Waals surface area contributed by atoms with Crippen molar-refractivity contribution in [3.8, 4) is 5.69 Å². The number of aromatic nitrogens is 4. The first-order valence-corrected chi connectivity index (χ1v) is 7.13. The van der Waals surface area contributed by atoms with Crippen molar-refractivity contribution in [2.75, 3.05) is 0 Å². The molecule has 1 aromatic carbocycles. The monoisotopic (exact) mass is 294 g/mol. The average molecular weight is 295 g/mol. The van der Waals surface area contributed by atoms with Gasteiger partial charge in [0, 0.05) is 24.0 Å². The van der Waals surface area contributed by atoms with E-state index in [9.17, 15) is 0 Å². The van der Waals surface area contributed by atoms with E-state index in [1.54, 1.807) is 12.4 Å². The zero-order valence-corrected chi connectivity index (χ0v) is 11.8. The molecule has 0 amide bonds. The Kier molecular flexibility index (Phi) is 2.82. The van der Waals surface area contributed by atoms with Gasteiger partial charge < -0.3 is 0 Å². The summed E-state index contributed by atoms with van der Waals surface area (Å²) in [6.07, 6.45) is 5.41. The van der Waals surface area contributed by atoms with E-state index >= 15 is 0 Å². The van der Waals surface area contributed by atoms with Gasteiger partial charge in [-0.05, 0) is 29.7 Å². The molecule has 0 saturated heterocycles. The van der Waals surface area contributed by atoms with E-state index in [4.69, 9.17) is 11.6 Å². The number of imidazole rings is 1. The molecule has 0 saturated carbocycles. The maximum atomic E-state index is 6.08. The topological polar surface area (TPSA) is 43.6 Å². The summed E-state index contributed by atoms with van der Waals surface area (Å²) in [6.45, 7) is 0. The number of alkyl halides is 1. The molecule has 3 aromatic heterocycles. The highest BCUT2D eigenvalue weighted by molar-refractivity contribution is 6.17. The van der Waals surface area contributed by atoms with Crippen LogP contribution in [0.1, 0.15) is 5.82 Å². The molecule has 4 aromatic rings. The van der Waals surface area contributed by atoms with Crippen LogP contribution in [-0.2, 0) is 5.88 Å². The molecule has 3 heterocycles. The fourth-order valence-corrected chi connectivity index (χ4v) is 2.77. The fourth-order valence-electron chi connectivity index (χ4n) is 2.59. The second-order valence-electron chi connectivity index (χ2n) is 4.72. The van der Waals surface area contributed by atoms with Gasteiger partial charge in [-0.3, -0.25) is 9.55 Å². The van der Waals surface area contributed by atoms with E-state index in [2.05, 4.69) is 21.0 Å². The predicted octanol–water partition coefficient (Wildman–Crippen LogP) is 3.71. The van der Waals surface area contributed by atoms with E-state index in [1.807, 2.05) is 41.1 Å². The van der Waals surface area contributed by atoms with Crippen molar-refractivity contribution in [2.24, 2.45) is 0 Å². The first kappa shape index (κ1) is 12.3. The van der Waals surface area contributed by atoms with Crippen LogP contribution < -0.4 is 0 Å². The molecular formula is C16H11ClN4. The molecule has 0 N–H and O–H groups in total. The lowest BCUT2D eigenvalue weighted by atomic mass is 10.1. The Hall–Kier alpha value is -2.46. The molecule has 4 rings (SSSR count). The lowest BCUT2D eigenvalue weighted by Gasteiger charge is -2.10. The Morgan fingerprint density at radius 1 is 1.05 bits per heavy atom. The number of benzene rings is 1. The number of fused-ring (bicyclic) bond motifs is 2. The molecule has 0 aliphatic rings. The van der Waals surface area contributed by atoms with E-state index in [1.165, 1.54) is 0 Å². The largest absolute Gasteiger partial charge is 0.279 e. The number of hydrogen-bond donors (Lipinski definition) is 0. The van der Waals surface area contributed by atoms with Gasteiger partial charge in [0.1, 0.15) is 11.3 Å². The summed E-state index contributed by atoms with van der Waals surface area (Å²) in [4.78, 5) is 13.2. The van der Waals surface area contributed by atoms with Crippen LogP contribution in [0.25, 0.3) is 27.6 Å². The van der Waals surface area contributed by atoms with Crippen molar-refractivity contribution in [3.63, 3.8) is 0 Å². The van der Waals surface area contributed by atoms with Crippen LogP contribution in [0.2, 0.25) is 0 Å². The number of nitrogens with zero attached hydrogens (tertiary/aromatic N) is 4. The van der Waals surface area contributed by atoms with Gasteiger partial charge in [-0.2, -0.15) is 0 Å². The van der Waals surface area contributed by atoms with Crippen LogP contribution in [0.3, 0.4) is 0 Å². The van der Waals surface area contributed by atoms with Gasteiger partial charge in [0.2, 0.25) is 0 Å². The second-order valence-corrected chi connectivity index (χ2v) is 4.98. The standard InChI is InChI=1S/C16H11ClN4/c17-9-15-20-13-4-2-7-19-16(13)21(15)14-5-1-3-11-6-8-18-10-12(11)14/h1-8,10H,9H2. The number of pyridine rings is 2. The van der Waals surface area contributed by atoms with Crippen molar-refractivity contribution in [2.45, 2.75) is 5.88 Å².